The van der Waals surface area contributed by atoms with E-state index in [9.17, 15) is 9.59 Å². The third-order valence-electron chi connectivity index (χ3n) is 2.78. The Labute approximate surface area is 109 Å². The molecule has 0 aliphatic carbocycles. The number of hydrogen-bond donors (Lipinski definition) is 3. The highest BCUT2D eigenvalue weighted by Crippen LogP contribution is 2.05. The number of carbonyl (C=O) groups is 2. The zero-order chi connectivity index (χ0) is 14.1. The highest BCUT2D eigenvalue weighted by Gasteiger charge is 2.21. The molecule has 18 heavy (non-hydrogen) atoms. The minimum absolute atomic E-state index is 0.114. The first kappa shape index (κ1) is 16.7. The Morgan fingerprint density at radius 2 is 1.78 bits per heavy atom. The van der Waals surface area contributed by atoms with Crippen molar-refractivity contribution in [3.05, 3.63) is 0 Å². The van der Waals surface area contributed by atoms with Gasteiger partial charge < -0.3 is 15.7 Å². The van der Waals surface area contributed by atoms with Gasteiger partial charge in [0.1, 0.15) is 6.04 Å². The van der Waals surface area contributed by atoms with E-state index < -0.39 is 12.0 Å². The molecule has 5 nitrogen and oxygen atoms in total. The maximum Gasteiger partial charge on any atom is 0.326 e. The van der Waals surface area contributed by atoms with E-state index in [2.05, 4.69) is 17.6 Å². The van der Waals surface area contributed by atoms with E-state index in [0.29, 0.717) is 6.42 Å². The summed E-state index contributed by atoms with van der Waals surface area (Å²) in [4.78, 5) is 22.7. The number of carbonyl (C=O) groups excluding carboxylic acids is 1. The standard InChI is InChI=1S/C13H26N2O3/c1-5-7-10(6-2)14-13(18)15-11(12(16)17)8-9(3)4/h9-11H,5-8H2,1-4H3,(H,16,17)(H2,14,15,18)/t10?,11-/m0/s1. The van der Waals surface area contributed by atoms with Crippen molar-refractivity contribution in [2.75, 3.05) is 0 Å². The second-order valence-electron chi connectivity index (χ2n) is 5.03. The van der Waals surface area contributed by atoms with Gasteiger partial charge >= 0.3 is 12.0 Å². The van der Waals surface area contributed by atoms with Gasteiger partial charge in [0.15, 0.2) is 0 Å². The highest BCUT2D eigenvalue weighted by molar-refractivity contribution is 5.82. The number of carboxylic acids is 1. The smallest absolute Gasteiger partial charge is 0.326 e. The van der Waals surface area contributed by atoms with E-state index >= 15 is 0 Å². The fourth-order valence-electron chi connectivity index (χ4n) is 1.81. The van der Waals surface area contributed by atoms with Gasteiger partial charge in [-0.05, 0) is 25.2 Å². The molecular weight excluding hydrogens is 232 g/mol. The van der Waals surface area contributed by atoms with Crippen LogP contribution in [0.15, 0.2) is 0 Å². The first-order valence-corrected chi connectivity index (χ1v) is 6.70. The van der Waals surface area contributed by atoms with Crippen molar-refractivity contribution in [2.24, 2.45) is 5.92 Å². The molecule has 0 radical (unpaired) electrons. The van der Waals surface area contributed by atoms with Crippen LogP contribution in [-0.4, -0.2) is 29.2 Å². The second kappa shape index (κ2) is 8.78. The molecule has 1 unspecified atom stereocenters. The summed E-state index contributed by atoms with van der Waals surface area (Å²) in [7, 11) is 0. The van der Waals surface area contributed by atoms with Crippen molar-refractivity contribution >= 4 is 12.0 Å². The molecule has 5 heteroatoms. The number of urea groups is 1. The lowest BCUT2D eigenvalue weighted by Gasteiger charge is -2.20. The van der Waals surface area contributed by atoms with Gasteiger partial charge in [0.25, 0.3) is 0 Å². The van der Waals surface area contributed by atoms with Crippen LogP contribution in [0, 0.1) is 5.92 Å². The zero-order valence-electron chi connectivity index (χ0n) is 11.8. The Bertz CT molecular complexity index is 267. The number of amides is 2. The summed E-state index contributed by atoms with van der Waals surface area (Å²) in [5.74, 6) is -0.758. The predicted molar refractivity (Wildman–Crippen MR) is 71.5 cm³/mol. The number of aliphatic carboxylic acids is 1. The maximum atomic E-state index is 11.7. The van der Waals surface area contributed by atoms with Gasteiger partial charge in [0.2, 0.25) is 0 Å². The second-order valence-corrected chi connectivity index (χ2v) is 5.03. The molecule has 0 aliphatic rings. The zero-order valence-corrected chi connectivity index (χ0v) is 11.8. The van der Waals surface area contributed by atoms with Crippen molar-refractivity contribution in [3.8, 4) is 0 Å². The molecule has 0 fully saturated rings. The molecule has 2 amide bonds. The van der Waals surface area contributed by atoms with Crippen LogP contribution >= 0.6 is 0 Å². The van der Waals surface area contributed by atoms with Crippen LogP contribution in [0.4, 0.5) is 4.79 Å². The van der Waals surface area contributed by atoms with Crippen LogP contribution in [0.25, 0.3) is 0 Å². The fourth-order valence-corrected chi connectivity index (χ4v) is 1.81. The van der Waals surface area contributed by atoms with Gasteiger partial charge in [-0.15, -0.1) is 0 Å². The van der Waals surface area contributed by atoms with Crippen molar-refractivity contribution < 1.29 is 14.7 Å². The van der Waals surface area contributed by atoms with Crippen molar-refractivity contribution in [3.63, 3.8) is 0 Å². The summed E-state index contributed by atoms with van der Waals surface area (Å²) in [6.45, 7) is 7.92. The van der Waals surface area contributed by atoms with Gasteiger partial charge in [-0.2, -0.15) is 0 Å². The van der Waals surface area contributed by atoms with Crippen molar-refractivity contribution in [1.82, 2.24) is 10.6 Å². The summed E-state index contributed by atoms with van der Waals surface area (Å²) < 4.78 is 0. The highest BCUT2D eigenvalue weighted by atomic mass is 16.4. The molecule has 0 aromatic rings. The average molecular weight is 258 g/mol. The number of rotatable bonds is 8. The van der Waals surface area contributed by atoms with E-state index in [-0.39, 0.29) is 18.0 Å². The third-order valence-corrected chi connectivity index (χ3v) is 2.78. The Hall–Kier alpha value is -1.26. The van der Waals surface area contributed by atoms with Gasteiger partial charge in [0, 0.05) is 6.04 Å². The summed E-state index contributed by atoms with van der Waals surface area (Å²) in [6.07, 6.45) is 3.19. The minimum atomic E-state index is -0.984. The molecule has 0 saturated heterocycles. The van der Waals surface area contributed by atoms with Crippen LogP contribution in [0.3, 0.4) is 0 Å². The summed E-state index contributed by atoms with van der Waals surface area (Å²) >= 11 is 0. The van der Waals surface area contributed by atoms with E-state index in [0.717, 1.165) is 19.3 Å². The van der Waals surface area contributed by atoms with Crippen LogP contribution in [-0.2, 0) is 4.79 Å². The van der Waals surface area contributed by atoms with E-state index in [1.807, 2.05) is 20.8 Å². The first-order valence-electron chi connectivity index (χ1n) is 6.70. The number of hydrogen-bond acceptors (Lipinski definition) is 2. The normalized spacial score (nSPS) is 14.1. The molecule has 0 aliphatic heterocycles. The number of nitrogens with one attached hydrogen (secondary N) is 2. The molecule has 2 atom stereocenters. The first-order chi connectivity index (χ1) is 8.40. The maximum absolute atomic E-state index is 11.7. The lowest BCUT2D eigenvalue weighted by atomic mass is 10.0. The number of carboxylic acid groups (broad SMARTS) is 1. The molecule has 0 aromatic heterocycles. The van der Waals surface area contributed by atoms with E-state index in [1.54, 1.807) is 0 Å². The average Bonchev–Trinajstić information content (AvgIpc) is 2.26. The van der Waals surface area contributed by atoms with Crippen LogP contribution in [0.2, 0.25) is 0 Å². The van der Waals surface area contributed by atoms with E-state index in [4.69, 9.17) is 5.11 Å². The minimum Gasteiger partial charge on any atom is -0.480 e. The van der Waals surface area contributed by atoms with Gasteiger partial charge in [-0.1, -0.05) is 34.1 Å². The van der Waals surface area contributed by atoms with Crippen LogP contribution < -0.4 is 10.6 Å². The molecule has 3 N–H and O–H groups in total. The van der Waals surface area contributed by atoms with Crippen LogP contribution in [0.1, 0.15) is 53.4 Å². The van der Waals surface area contributed by atoms with Crippen molar-refractivity contribution in [2.45, 2.75) is 65.5 Å². The molecular formula is C13H26N2O3. The van der Waals surface area contributed by atoms with E-state index in [1.165, 1.54) is 0 Å². The SMILES string of the molecule is CCCC(CC)NC(=O)N[C@@H](CC(C)C)C(=O)O. The topological polar surface area (TPSA) is 78.4 Å². The fraction of sp³-hybridized carbons (Fsp3) is 0.846. The molecule has 0 aromatic carbocycles. The molecule has 0 spiro atoms. The van der Waals surface area contributed by atoms with Gasteiger partial charge in [0.05, 0.1) is 0 Å². The largest absolute Gasteiger partial charge is 0.480 e. The monoisotopic (exact) mass is 258 g/mol. The quantitative estimate of drug-likeness (QED) is 0.625. The third kappa shape index (κ3) is 7.14. The van der Waals surface area contributed by atoms with Gasteiger partial charge in [-0.3, -0.25) is 0 Å². The van der Waals surface area contributed by atoms with Crippen molar-refractivity contribution in [1.29, 1.82) is 0 Å². The summed E-state index contributed by atoms with van der Waals surface area (Å²) in [5.41, 5.74) is 0. The molecule has 106 valence electrons. The predicted octanol–water partition coefficient (Wildman–Crippen LogP) is 2.36. The summed E-state index contributed by atoms with van der Waals surface area (Å²) in [5, 5.41) is 14.4. The van der Waals surface area contributed by atoms with Gasteiger partial charge in [-0.25, -0.2) is 9.59 Å². The Morgan fingerprint density at radius 3 is 2.17 bits per heavy atom. The molecule has 0 rings (SSSR count). The Morgan fingerprint density at radius 1 is 1.17 bits per heavy atom. The molecule has 0 bridgehead atoms. The Kier molecular flexibility index (Phi) is 8.16. The summed E-state index contributed by atoms with van der Waals surface area (Å²) in [6, 6.07) is -1.09. The van der Waals surface area contributed by atoms with Crippen LogP contribution in [0.5, 0.6) is 0 Å². The molecule has 0 saturated carbocycles. The lowest BCUT2D eigenvalue weighted by Crippen LogP contribution is -2.49. The lowest BCUT2D eigenvalue weighted by molar-refractivity contribution is -0.139. The molecule has 0 heterocycles. The Balaban J connectivity index is 4.28.